The second-order valence-electron chi connectivity index (χ2n) is 6.88. The number of hydrogen-bond donors (Lipinski definition) is 2. The van der Waals surface area contributed by atoms with Crippen LogP contribution < -0.4 is 11.1 Å². The molecule has 0 aliphatic carbocycles. The molecule has 1 aromatic heterocycles. The maximum Gasteiger partial charge on any atom is 0.413 e. The van der Waals surface area contributed by atoms with Crippen molar-refractivity contribution in [1.29, 1.82) is 0 Å². The van der Waals surface area contributed by atoms with E-state index in [2.05, 4.69) is 10.3 Å². The molecule has 2 aromatic rings. The van der Waals surface area contributed by atoms with Crippen LogP contribution in [0.3, 0.4) is 0 Å². The number of pyridine rings is 1. The van der Waals surface area contributed by atoms with Gasteiger partial charge in [-0.25, -0.2) is 9.78 Å². The third-order valence-corrected chi connectivity index (χ3v) is 3.67. The molecular weight excluding hydrogens is 330 g/mol. The Kier molecular flexibility index (Phi) is 6.10. The van der Waals surface area contributed by atoms with Crippen LogP contribution >= 0.6 is 0 Å². The van der Waals surface area contributed by atoms with Crippen molar-refractivity contribution >= 4 is 17.7 Å². The fourth-order valence-electron chi connectivity index (χ4n) is 2.60. The van der Waals surface area contributed by atoms with Gasteiger partial charge in [0.25, 0.3) is 0 Å². The number of nitrogens with zero attached hydrogens (tertiary/aromatic N) is 1. The number of anilines is 1. The zero-order valence-electron chi connectivity index (χ0n) is 15.6. The standard InChI is InChI=1S/C20H25N3O3/c1-5-16(24)15-8-6-7-14(12-21)18(15)13-9-10-22-17(11-13)23-19(25)26-20(2,3)4/h6-11H,5,12,21H2,1-4H3,(H,22,23,25). The Labute approximate surface area is 153 Å². The van der Waals surface area contributed by atoms with Crippen LogP contribution in [0.4, 0.5) is 10.6 Å². The number of amides is 1. The summed E-state index contributed by atoms with van der Waals surface area (Å²) in [5.41, 5.74) is 8.28. The van der Waals surface area contributed by atoms with Crippen LogP contribution in [0, 0.1) is 0 Å². The normalized spacial score (nSPS) is 11.1. The van der Waals surface area contributed by atoms with Gasteiger partial charge in [-0.1, -0.05) is 25.1 Å². The van der Waals surface area contributed by atoms with Gasteiger partial charge in [0.15, 0.2) is 5.78 Å². The third kappa shape index (κ3) is 4.89. The third-order valence-electron chi connectivity index (χ3n) is 3.67. The molecule has 0 radical (unpaired) electrons. The summed E-state index contributed by atoms with van der Waals surface area (Å²) in [5.74, 6) is 0.382. The van der Waals surface area contributed by atoms with E-state index < -0.39 is 11.7 Å². The first-order valence-corrected chi connectivity index (χ1v) is 8.56. The first-order valence-electron chi connectivity index (χ1n) is 8.56. The van der Waals surface area contributed by atoms with Gasteiger partial charge in [-0.3, -0.25) is 10.1 Å². The molecule has 0 fully saturated rings. The van der Waals surface area contributed by atoms with Gasteiger partial charge in [-0.2, -0.15) is 0 Å². The van der Waals surface area contributed by atoms with Crippen LogP contribution in [0.2, 0.25) is 0 Å². The average molecular weight is 355 g/mol. The van der Waals surface area contributed by atoms with Crippen LogP contribution in [0.15, 0.2) is 36.5 Å². The minimum Gasteiger partial charge on any atom is -0.444 e. The van der Waals surface area contributed by atoms with Crippen LogP contribution in [-0.2, 0) is 11.3 Å². The first-order chi connectivity index (χ1) is 12.2. The lowest BCUT2D eigenvalue weighted by Gasteiger charge is -2.19. The van der Waals surface area contributed by atoms with Crippen LogP contribution in [-0.4, -0.2) is 22.5 Å². The summed E-state index contributed by atoms with van der Waals surface area (Å²) < 4.78 is 5.25. The topological polar surface area (TPSA) is 94.3 Å². The number of rotatable bonds is 5. The Hall–Kier alpha value is -2.73. The Morgan fingerprint density at radius 3 is 2.58 bits per heavy atom. The second-order valence-corrected chi connectivity index (χ2v) is 6.88. The van der Waals surface area contributed by atoms with Gasteiger partial charge >= 0.3 is 6.09 Å². The van der Waals surface area contributed by atoms with Gasteiger partial charge in [-0.15, -0.1) is 0 Å². The fourth-order valence-corrected chi connectivity index (χ4v) is 2.60. The highest BCUT2D eigenvalue weighted by atomic mass is 16.6. The Bertz CT molecular complexity index is 810. The van der Waals surface area contributed by atoms with Crippen LogP contribution in [0.1, 0.15) is 50.0 Å². The van der Waals surface area contributed by atoms with Gasteiger partial charge in [0, 0.05) is 24.7 Å². The number of nitrogens with two attached hydrogens (primary N) is 1. The molecule has 1 aromatic carbocycles. The molecule has 1 amide bonds. The predicted octanol–water partition coefficient (Wildman–Crippen LogP) is 4.15. The number of carbonyl (C=O) groups is 2. The number of carbonyl (C=O) groups excluding carboxylic acids is 2. The summed E-state index contributed by atoms with van der Waals surface area (Å²) in [6, 6.07) is 9.02. The summed E-state index contributed by atoms with van der Waals surface area (Å²) in [6.45, 7) is 7.49. The Morgan fingerprint density at radius 1 is 1.23 bits per heavy atom. The molecule has 26 heavy (non-hydrogen) atoms. The molecule has 0 unspecified atom stereocenters. The zero-order chi connectivity index (χ0) is 19.3. The first kappa shape index (κ1) is 19.6. The highest BCUT2D eigenvalue weighted by Gasteiger charge is 2.18. The van der Waals surface area contributed by atoms with Gasteiger partial charge in [0.1, 0.15) is 11.4 Å². The summed E-state index contributed by atoms with van der Waals surface area (Å²) in [4.78, 5) is 28.5. The summed E-state index contributed by atoms with van der Waals surface area (Å²) in [7, 11) is 0. The maximum atomic E-state index is 12.3. The lowest BCUT2D eigenvalue weighted by molar-refractivity contribution is 0.0635. The number of Topliss-reactive ketones (excluding diaryl/α,β-unsaturated/α-hetero) is 1. The van der Waals surface area contributed by atoms with E-state index in [1.807, 2.05) is 19.1 Å². The van der Waals surface area contributed by atoms with E-state index in [0.717, 1.165) is 16.7 Å². The summed E-state index contributed by atoms with van der Waals surface area (Å²) >= 11 is 0. The number of ketones is 1. The molecule has 6 heteroatoms. The second kappa shape index (κ2) is 8.10. The van der Waals surface area contributed by atoms with E-state index in [-0.39, 0.29) is 5.78 Å². The molecule has 0 saturated carbocycles. The van der Waals surface area contributed by atoms with Crippen molar-refractivity contribution < 1.29 is 14.3 Å². The molecule has 1 heterocycles. The SMILES string of the molecule is CCC(=O)c1cccc(CN)c1-c1ccnc(NC(=O)OC(C)(C)C)c1. The lowest BCUT2D eigenvalue weighted by atomic mass is 9.92. The monoisotopic (exact) mass is 355 g/mol. The van der Waals surface area contributed by atoms with Crippen LogP contribution in [0.25, 0.3) is 11.1 Å². The molecule has 6 nitrogen and oxygen atoms in total. The van der Waals surface area contributed by atoms with Gasteiger partial charge in [-0.05, 0) is 49.6 Å². The molecule has 2 rings (SSSR count). The molecule has 0 spiro atoms. The van der Waals surface area contributed by atoms with Crippen molar-refractivity contribution in [3.63, 3.8) is 0 Å². The molecule has 0 saturated heterocycles. The van der Waals surface area contributed by atoms with E-state index in [0.29, 0.717) is 24.3 Å². The van der Waals surface area contributed by atoms with Crippen molar-refractivity contribution in [2.45, 2.75) is 46.3 Å². The number of ether oxygens (including phenoxy) is 1. The Morgan fingerprint density at radius 2 is 1.96 bits per heavy atom. The van der Waals surface area contributed by atoms with Crippen molar-refractivity contribution in [1.82, 2.24) is 4.98 Å². The van der Waals surface area contributed by atoms with Gasteiger partial charge in [0.05, 0.1) is 0 Å². The molecule has 0 atom stereocenters. The van der Waals surface area contributed by atoms with E-state index >= 15 is 0 Å². The number of aromatic nitrogens is 1. The van der Waals surface area contributed by atoms with Gasteiger partial charge in [0.2, 0.25) is 0 Å². The van der Waals surface area contributed by atoms with Crippen molar-refractivity contribution in [3.05, 3.63) is 47.7 Å². The van der Waals surface area contributed by atoms with Crippen molar-refractivity contribution in [3.8, 4) is 11.1 Å². The minimum absolute atomic E-state index is 0.0359. The molecule has 0 bridgehead atoms. The fraction of sp³-hybridized carbons (Fsp3) is 0.350. The molecule has 0 aliphatic heterocycles. The van der Waals surface area contributed by atoms with Crippen molar-refractivity contribution in [2.75, 3.05) is 5.32 Å². The largest absolute Gasteiger partial charge is 0.444 e. The summed E-state index contributed by atoms with van der Waals surface area (Å²) in [6.07, 6.45) is 1.39. The zero-order valence-corrected chi connectivity index (χ0v) is 15.6. The lowest BCUT2D eigenvalue weighted by Crippen LogP contribution is -2.27. The highest BCUT2D eigenvalue weighted by molar-refractivity contribution is 6.03. The van der Waals surface area contributed by atoms with E-state index in [4.69, 9.17) is 10.5 Å². The molecular formula is C20H25N3O3. The highest BCUT2D eigenvalue weighted by Crippen LogP contribution is 2.30. The number of hydrogen-bond acceptors (Lipinski definition) is 5. The summed E-state index contributed by atoms with van der Waals surface area (Å²) in [5, 5.41) is 2.62. The van der Waals surface area contributed by atoms with Crippen LogP contribution in [0.5, 0.6) is 0 Å². The quantitative estimate of drug-likeness (QED) is 0.786. The van der Waals surface area contributed by atoms with E-state index in [9.17, 15) is 9.59 Å². The predicted molar refractivity (Wildman–Crippen MR) is 102 cm³/mol. The number of benzene rings is 1. The average Bonchev–Trinajstić information content (AvgIpc) is 2.58. The molecule has 138 valence electrons. The Balaban J connectivity index is 2.42. The molecule has 3 N–H and O–H groups in total. The number of nitrogens with one attached hydrogen (secondary N) is 1. The molecule has 0 aliphatic rings. The maximum absolute atomic E-state index is 12.3. The van der Waals surface area contributed by atoms with Gasteiger partial charge < -0.3 is 10.5 Å². The smallest absolute Gasteiger partial charge is 0.413 e. The van der Waals surface area contributed by atoms with E-state index in [1.54, 1.807) is 45.2 Å². The van der Waals surface area contributed by atoms with Crippen molar-refractivity contribution in [2.24, 2.45) is 5.73 Å². The minimum atomic E-state index is -0.603. The van der Waals surface area contributed by atoms with E-state index in [1.165, 1.54) is 0 Å².